The fourth-order valence-electron chi connectivity index (χ4n) is 4.88. The predicted molar refractivity (Wildman–Crippen MR) is 145 cm³/mol. The van der Waals surface area contributed by atoms with Gasteiger partial charge in [-0.25, -0.2) is 14.4 Å². The molecule has 36 heavy (non-hydrogen) atoms. The zero-order valence-electron chi connectivity index (χ0n) is 19.6. The lowest BCUT2D eigenvalue weighted by Gasteiger charge is -2.26. The Morgan fingerprint density at radius 2 is 1.78 bits per heavy atom. The van der Waals surface area contributed by atoms with E-state index in [1.807, 2.05) is 12.1 Å². The molecular weight excluding hydrogens is 543 g/mol. The van der Waals surface area contributed by atoms with Crippen molar-refractivity contribution in [3.05, 3.63) is 81.7 Å². The fraction of sp³-hybridized carbons (Fsp3) is 0.214. The summed E-state index contributed by atoms with van der Waals surface area (Å²) >= 11 is 9.80. The van der Waals surface area contributed by atoms with Crippen LogP contribution in [0.5, 0.6) is 0 Å². The third-order valence-corrected chi connectivity index (χ3v) is 7.57. The van der Waals surface area contributed by atoms with Crippen LogP contribution in [-0.2, 0) is 4.74 Å². The van der Waals surface area contributed by atoms with Gasteiger partial charge in [0, 0.05) is 30.4 Å². The van der Waals surface area contributed by atoms with E-state index < -0.39 is 5.82 Å². The number of hydrogen-bond acceptors (Lipinski definition) is 3. The van der Waals surface area contributed by atoms with Crippen molar-refractivity contribution in [2.24, 2.45) is 0 Å². The number of hydrogen-bond donors (Lipinski definition) is 1. The molecule has 1 aliphatic heterocycles. The van der Waals surface area contributed by atoms with Crippen molar-refractivity contribution < 1.29 is 9.13 Å². The number of aromatic amines is 1. The van der Waals surface area contributed by atoms with Gasteiger partial charge in [-0.05, 0) is 65.5 Å². The molecule has 3 aromatic carbocycles. The van der Waals surface area contributed by atoms with Gasteiger partial charge in [0.2, 0.25) is 0 Å². The third-order valence-electron chi connectivity index (χ3n) is 6.68. The standard InChI is InChI=1S/C28H23BrClFN4O/c1-16-5-10-22-23(15-16)35(19-11-13-36-14-12-19)28(32-22)18-8-6-17(7-9-18)25-26(29)34-27(33-25)24-20(30)3-2-4-21(24)31/h2-10,15,19H,11-14H2,1H3,(H,33,34). The van der Waals surface area contributed by atoms with Crippen LogP contribution in [0.15, 0.2) is 65.3 Å². The van der Waals surface area contributed by atoms with E-state index in [1.54, 1.807) is 12.1 Å². The Kier molecular flexibility index (Phi) is 6.15. The van der Waals surface area contributed by atoms with Crippen LogP contribution in [0.4, 0.5) is 4.39 Å². The lowest BCUT2D eigenvalue weighted by molar-refractivity contribution is 0.0710. The molecule has 8 heteroatoms. The highest BCUT2D eigenvalue weighted by atomic mass is 79.9. The molecule has 1 saturated heterocycles. The molecule has 1 fully saturated rings. The molecule has 6 rings (SSSR count). The quantitative estimate of drug-likeness (QED) is 0.240. The van der Waals surface area contributed by atoms with Crippen LogP contribution in [0.1, 0.15) is 24.4 Å². The SMILES string of the molecule is Cc1ccc2nc(-c3ccc(-c4nc(-c5c(F)cccc5Cl)[nH]c4Br)cc3)n(C3CCOCC3)c2c1. The van der Waals surface area contributed by atoms with Gasteiger partial charge in [-0.2, -0.15) is 0 Å². The molecule has 0 atom stereocenters. The Bertz CT molecular complexity index is 1550. The summed E-state index contributed by atoms with van der Waals surface area (Å²) in [4.78, 5) is 12.8. The van der Waals surface area contributed by atoms with Crippen molar-refractivity contribution in [2.45, 2.75) is 25.8 Å². The number of rotatable bonds is 4. The summed E-state index contributed by atoms with van der Waals surface area (Å²) in [7, 11) is 0. The molecule has 0 amide bonds. The van der Waals surface area contributed by atoms with Crippen LogP contribution >= 0.6 is 27.5 Å². The van der Waals surface area contributed by atoms with Crippen molar-refractivity contribution in [2.75, 3.05) is 13.2 Å². The lowest BCUT2D eigenvalue weighted by Crippen LogP contribution is -2.20. The summed E-state index contributed by atoms with van der Waals surface area (Å²) in [6.07, 6.45) is 1.93. The van der Waals surface area contributed by atoms with Crippen molar-refractivity contribution >= 4 is 38.6 Å². The second kappa shape index (κ2) is 9.47. The number of aromatic nitrogens is 4. The highest BCUT2D eigenvalue weighted by molar-refractivity contribution is 9.10. The molecule has 0 radical (unpaired) electrons. The Balaban J connectivity index is 1.40. The second-order valence-corrected chi connectivity index (χ2v) is 10.3. The van der Waals surface area contributed by atoms with Gasteiger partial charge in [-0.15, -0.1) is 0 Å². The minimum absolute atomic E-state index is 0.253. The topological polar surface area (TPSA) is 55.7 Å². The zero-order chi connectivity index (χ0) is 24.8. The van der Waals surface area contributed by atoms with Crippen molar-refractivity contribution in [1.29, 1.82) is 0 Å². The van der Waals surface area contributed by atoms with E-state index in [9.17, 15) is 4.39 Å². The second-order valence-electron chi connectivity index (χ2n) is 9.06. The molecule has 0 unspecified atom stereocenters. The third kappa shape index (κ3) is 4.15. The van der Waals surface area contributed by atoms with E-state index in [-0.39, 0.29) is 5.56 Å². The maximum Gasteiger partial charge on any atom is 0.143 e. The lowest BCUT2D eigenvalue weighted by atomic mass is 10.1. The number of fused-ring (bicyclic) bond motifs is 1. The van der Waals surface area contributed by atoms with Gasteiger partial charge in [0.15, 0.2) is 0 Å². The van der Waals surface area contributed by atoms with Gasteiger partial charge in [0.05, 0.1) is 21.6 Å². The van der Waals surface area contributed by atoms with Crippen LogP contribution < -0.4 is 0 Å². The number of nitrogens with zero attached hydrogens (tertiary/aromatic N) is 3. The van der Waals surface area contributed by atoms with E-state index in [1.165, 1.54) is 11.6 Å². The van der Waals surface area contributed by atoms with Crippen LogP contribution in [0.3, 0.4) is 0 Å². The van der Waals surface area contributed by atoms with E-state index in [4.69, 9.17) is 21.3 Å². The number of halogens is 3. The summed E-state index contributed by atoms with van der Waals surface area (Å²) < 4.78 is 23.1. The van der Waals surface area contributed by atoms with Crippen LogP contribution in [0.2, 0.25) is 5.02 Å². The van der Waals surface area contributed by atoms with Gasteiger partial charge in [0.1, 0.15) is 27.8 Å². The van der Waals surface area contributed by atoms with Crippen molar-refractivity contribution in [3.63, 3.8) is 0 Å². The summed E-state index contributed by atoms with van der Waals surface area (Å²) in [5.74, 6) is 0.905. The number of imidazole rings is 2. The normalized spacial score (nSPS) is 14.6. The molecule has 2 aromatic heterocycles. The first kappa shape index (κ1) is 23.4. The van der Waals surface area contributed by atoms with Gasteiger partial charge in [0.25, 0.3) is 0 Å². The maximum atomic E-state index is 14.4. The van der Waals surface area contributed by atoms with Crippen LogP contribution in [0, 0.1) is 12.7 Å². The average Bonchev–Trinajstić information content (AvgIpc) is 3.45. The van der Waals surface area contributed by atoms with Crippen molar-refractivity contribution in [3.8, 4) is 34.0 Å². The average molecular weight is 566 g/mol. The molecule has 5 nitrogen and oxygen atoms in total. The summed E-state index contributed by atoms with van der Waals surface area (Å²) in [5, 5.41) is 0.306. The fourth-order valence-corrected chi connectivity index (χ4v) is 5.64. The smallest absolute Gasteiger partial charge is 0.143 e. The molecule has 1 N–H and O–H groups in total. The molecular formula is C28H23BrClFN4O. The molecule has 0 bridgehead atoms. The molecule has 0 aliphatic carbocycles. The molecule has 5 aromatic rings. The Morgan fingerprint density at radius 1 is 1.03 bits per heavy atom. The van der Waals surface area contributed by atoms with Crippen LogP contribution in [0.25, 0.3) is 45.1 Å². The summed E-state index contributed by atoms with van der Waals surface area (Å²) in [6, 6.07) is 19.5. The van der Waals surface area contributed by atoms with Crippen LogP contribution in [-0.4, -0.2) is 32.7 Å². The van der Waals surface area contributed by atoms with E-state index >= 15 is 0 Å². The highest BCUT2D eigenvalue weighted by Gasteiger charge is 2.23. The number of ether oxygens (including phenoxy) is 1. The minimum Gasteiger partial charge on any atom is -0.381 e. The maximum absolute atomic E-state index is 14.4. The van der Waals surface area contributed by atoms with E-state index in [0.717, 1.165) is 54.0 Å². The predicted octanol–water partition coefficient (Wildman–Crippen LogP) is 7.98. The number of benzene rings is 3. The van der Waals surface area contributed by atoms with Gasteiger partial charge in [-0.1, -0.05) is 48.0 Å². The van der Waals surface area contributed by atoms with Gasteiger partial charge in [-0.3, -0.25) is 0 Å². The molecule has 1 aliphatic rings. The van der Waals surface area contributed by atoms with E-state index in [0.29, 0.717) is 27.2 Å². The first-order valence-electron chi connectivity index (χ1n) is 11.9. The highest BCUT2D eigenvalue weighted by Crippen LogP contribution is 2.36. The van der Waals surface area contributed by atoms with Gasteiger partial charge < -0.3 is 14.3 Å². The first-order valence-corrected chi connectivity index (χ1v) is 13.0. The Morgan fingerprint density at radius 3 is 2.53 bits per heavy atom. The van der Waals surface area contributed by atoms with Crippen molar-refractivity contribution in [1.82, 2.24) is 19.5 Å². The molecule has 3 heterocycles. The minimum atomic E-state index is -0.423. The van der Waals surface area contributed by atoms with Gasteiger partial charge >= 0.3 is 0 Å². The Labute approximate surface area is 221 Å². The Hall–Kier alpha value is -3.00. The summed E-state index contributed by atoms with van der Waals surface area (Å²) in [5.41, 5.74) is 6.22. The number of H-pyrrole nitrogens is 1. The molecule has 0 saturated carbocycles. The largest absolute Gasteiger partial charge is 0.381 e. The van der Waals surface area contributed by atoms with E-state index in [2.05, 4.69) is 67.7 Å². The zero-order valence-corrected chi connectivity index (χ0v) is 21.9. The number of nitrogens with one attached hydrogen (secondary N) is 1. The molecule has 0 spiro atoms. The summed E-state index contributed by atoms with van der Waals surface area (Å²) in [6.45, 7) is 3.63. The first-order chi connectivity index (χ1) is 17.5. The number of aryl methyl sites for hydroxylation is 1. The monoisotopic (exact) mass is 564 g/mol. The molecule has 182 valence electrons.